The van der Waals surface area contributed by atoms with Gasteiger partial charge in [0.2, 0.25) is 0 Å². The van der Waals surface area contributed by atoms with E-state index < -0.39 is 8.60 Å². The third kappa shape index (κ3) is 16.6. The molecule has 8 heavy (non-hydrogen) atoms. The molecule has 0 atom stereocenters. The van der Waals surface area contributed by atoms with Crippen LogP contribution in [0.15, 0.2) is 13.2 Å². The first-order valence-electron chi connectivity index (χ1n) is 2.04. The molecule has 0 aromatic rings. The Balaban J connectivity index is 0. The zero-order valence-electron chi connectivity index (χ0n) is 4.79. The molecule has 50 valence electrons. The minimum absolute atomic E-state index is 0.235. The normalized spacial score (nSPS) is 8.00. The first-order chi connectivity index (χ1) is 3.77. The molecule has 0 saturated carbocycles. The average molecular weight is 136 g/mol. The van der Waals surface area contributed by atoms with Gasteiger partial charge in [-0.25, -0.2) is 0 Å². The van der Waals surface area contributed by atoms with Gasteiger partial charge < -0.3 is 14.3 Å². The van der Waals surface area contributed by atoms with Crippen LogP contribution in [-0.2, 0) is 4.52 Å². The van der Waals surface area contributed by atoms with Gasteiger partial charge in [-0.05, 0) is 6.92 Å². The van der Waals surface area contributed by atoms with Gasteiger partial charge in [-0.3, -0.25) is 0 Å². The molecule has 0 amide bonds. The summed E-state index contributed by atoms with van der Waals surface area (Å²) in [5.41, 5.74) is 0. The number of hydrogen-bond acceptors (Lipinski definition) is 3. The topological polar surface area (TPSA) is 55.3 Å². The third-order valence-corrected chi connectivity index (χ3v) is 0.704. The van der Waals surface area contributed by atoms with Crippen LogP contribution >= 0.6 is 8.60 Å². The first kappa shape index (κ1) is 10.9. The molecular weight excluding hydrogens is 127 g/mol. The Bertz CT molecular complexity index is 40.3. The number of hydrogen-bond donors (Lipinski definition) is 0. The lowest BCUT2D eigenvalue weighted by molar-refractivity contribution is -0.317. The van der Waals surface area contributed by atoms with E-state index in [1.165, 1.54) is 0 Å². The molecule has 0 unspecified atom stereocenters. The second-order valence-electron chi connectivity index (χ2n) is 0.641. The second kappa shape index (κ2) is 10.1. The molecule has 0 radical (unpaired) electrons. The summed E-state index contributed by atoms with van der Waals surface area (Å²) in [6.45, 7) is 7.85. The van der Waals surface area contributed by atoms with Gasteiger partial charge in [0.25, 0.3) is 0 Å². The number of rotatable bonds is 2. The van der Waals surface area contributed by atoms with Crippen LogP contribution in [0.2, 0.25) is 0 Å². The van der Waals surface area contributed by atoms with Gasteiger partial charge in [-0.15, -0.1) is 13.2 Å². The molecule has 0 spiro atoms. The average Bonchev–Trinajstić information content (AvgIpc) is 1.72. The minimum atomic E-state index is -2.60. The van der Waals surface area contributed by atoms with Crippen molar-refractivity contribution < 1.29 is 14.3 Å². The van der Waals surface area contributed by atoms with Crippen LogP contribution in [0.4, 0.5) is 0 Å². The van der Waals surface area contributed by atoms with E-state index in [1.807, 2.05) is 0 Å². The fraction of sp³-hybridized carbons (Fsp3) is 0.500. The van der Waals surface area contributed by atoms with E-state index in [2.05, 4.69) is 17.7 Å². The van der Waals surface area contributed by atoms with Crippen LogP contribution in [0.3, 0.4) is 0 Å². The maximum absolute atomic E-state index is 9.41. The van der Waals surface area contributed by atoms with Crippen molar-refractivity contribution in [2.75, 3.05) is 6.61 Å². The lowest BCUT2D eigenvalue weighted by Crippen LogP contribution is -2.09. The molecule has 0 heterocycles. The van der Waals surface area contributed by atoms with Crippen LogP contribution < -0.4 is 9.79 Å². The van der Waals surface area contributed by atoms with Crippen molar-refractivity contribution in [1.82, 2.24) is 0 Å². The summed E-state index contributed by atoms with van der Waals surface area (Å²) in [7, 11) is -2.60. The summed E-state index contributed by atoms with van der Waals surface area (Å²) < 4.78 is 4.00. The molecular formula is C4H9O3P-2. The van der Waals surface area contributed by atoms with Crippen LogP contribution in [0, 0.1) is 0 Å². The van der Waals surface area contributed by atoms with Gasteiger partial charge in [0, 0.05) is 6.61 Å². The monoisotopic (exact) mass is 136 g/mol. The highest BCUT2D eigenvalue weighted by Crippen LogP contribution is 2.10. The van der Waals surface area contributed by atoms with E-state index in [0.717, 1.165) is 0 Å². The smallest absolute Gasteiger partial charge is 0.0447 e. The Kier molecular flexibility index (Phi) is 13.8. The van der Waals surface area contributed by atoms with Crippen LogP contribution in [0.1, 0.15) is 6.92 Å². The van der Waals surface area contributed by atoms with Gasteiger partial charge in [-0.1, -0.05) is 0 Å². The lowest BCUT2D eigenvalue weighted by atomic mass is 10.9. The molecule has 0 aromatic heterocycles. The summed E-state index contributed by atoms with van der Waals surface area (Å²) in [5, 5.41) is 0. The maximum atomic E-state index is 9.41. The summed E-state index contributed by atoms with van der Waals surface area (Å²) in [6.07, 6.45) is 0. The van der Waals surface area contributed by atoms with Gasteiger partial charge >= 0.3 is 0 Å². The SMILES string of the molecule is C=C.CCOP([O-])[O-]. The van der Waals surface area contributed by atoms with Crippen molar-refractivity contribution >= 4 is 8.60 Å². The summed E-state index contributed by atoms with van der Waals surface area (Å²) >= 11 is 0. The maximum Gasteiger partial charge on any atom is 0.0447 e. The highest BCUT2D eigenvalue weighted by atomic mass is 31.2. The largest absolute Gasteiger partial charge is 0.820 e. The van der Waals surface area contributed by atoms with Crippen molar-refractivity contribution in [2.45, 2.75) is 6.92 Å². The molecule has 0 fully saturated rings. The van der Waals surface area contributed by atoms with E-state index in [4.69, 9.17) is 0 Å². The van der Waals surface area contributed by atoms with Gasteiger partial charge in [0.1, 0.15) is 0 Å². The summed E-state index contributed by atoms with van der Waals surface area (Å²) in [6, 6.07) is 0. The van der Waals surface area contributed by atoms with E-state index in [0.29, 0.717) is 0 Å². The van der Waals surface area contributed by atoms with Crippen LogP contribution in [-0.4, -0.2) is 6.61 Å². The van der Waals surface area contributed by atoms with Crippen molar-refractivity contribution in [3.05, 3.63) is 13.2 Å². The van der Waals surface area contributed by atoms with E-state index >= 15 is 0 Å². The Hall–Kier alpha value is 0.0500. The van der Waals surface area contributed by atoms with Gasteiger partial charge in [0.05, 0.1) is 0 Å². The zero-order valence-corrected chi connectivity index (χ0v) is 5.69. The first-order valence-corrected chi connectivity index (χ1v) is 3.14. The van der Waals surface area contributed by atoms with Crippen molar-refractivity contribution in [3.63, 3.8) is 0 Å². The molecule has 0 aliphatic rings. The van der Waals surface area contributed by atoms with Crippen molar-refractivity contribution in [1.29, 1.82) is 0 Å². The Morgan fingerprint density at radius 1 is 1.50 bits per heavy atom. The molecule has 0 rings (SSSR count). The molecule has 0 aliphatic heterocycles. The third-order valence-electron chi connectivity index (χ3n) is 0.235. The Morgan fingerprint density at radius 3 is 1.88 bits per heavy atom. The molecule has 3 nitrogen and oxygen atoms in total. The second-order valence-corrected chi connectivity index (χ2v) is 1.35. The molecule has 0 bridgehead atoms. The van der Waals surface area contributed by atoms with Gasteiger partial charge in [0.15, 0.2) is 0 Å². The van der Waals surface area contributed by atoms with E-state index in [-0.39, 0.29) is 6.61 Å². The molecule has 0 saturated heterocycles. The van der Waals surface area contributed by atoms with Crippen molar-refractivity contribution in [3.8, 4) is 0 Å². The molecule has 0 N–H and O–H groups in total. The highest BCUT2D eigenvalue weighted by molar-refractivity contribution is 7.36. The summed E-state index contributed by atoms with van der Waals surface area (Å²) in [4.78, 5) is 18.8. The van der Waals surface area contributed by atoms with Crippen molar-refractivity contribution in [2.24, 2.45) is 0 Å². The van der Waals surface area contributed by atoms with Crippen LogP contribution in [0.25, 0.3) is 0 Å². The van der Waals surface area contributed by atoms with E-state index in [1.54, 1.807) is 6.92 Å². The molecule has 0 aliphatic carbocycles. The molecule has 4 heteroatoms. The van der Waals surface area contributed by atoms with Gasteiger partial charge in [-0.2, -0.15) is 8.60 Å². The Morgan fingerprint density at radius 2 is 1.88 bits per heavy atom. The fourth-order valence-corrected chi connectivity index (χ4v) is 0.316. The van der Waals surface area contributed by atoms with Crippen LogP contribution in [0.5, 0.6) is 0 Å². The van der Waals surface area contributed by atoms with E-state index in [9.17, 15) is 9.79 Å². The Labute approximate surface area is 50.6 Å². The minimum Gasteiger partial charge on any atom is -0.820 e. The zero-order chi connectivity index (χ0) is 6.99. The standard InChI is InChI=1S/C2H5O3P.C2H4/c1-2-5-6(3)4;1-2/h2H2,1H3;1-2H2/q-2;. The fourth-order valence-electron chi connectivity index (χ4n) is 0.105. The summed E-state index contributed by atoms with van der Waals surface area (Å²) in [5.74, 6) is 0. The highest BCUT2D eigenvalue weighted by Gasteiger charge is 1.64. The predicted molar refractivity (Wildman–Crippen MR) is 29.8 cm³/mol. The predicted octanol–water partition coefficient (Wildman–Crippen LogP) is -0.227. The quantitative estimate of drug-likeness (QED) is 0.389. The molecule has 0 aromatic carbocycles. The lowest BCUT2D eigenvalue weighted by Gasteiger charge is -2.27.